The summed E-state index contributed by atoms with van der Waals surface area (Å²) in [6.07, 6.45) is 2.58. The van der Waals surface area contributed by atoms with Crippen LogP contribution >= 0.6 is 0 Å². The molecule has 0 saturated carbocycles. The SMILES string of the molecule is Cc1nn(C)c(C)c1-c1cc(C(=O)NC2CCCc3[nH]c(=O)ccc32)[nH]n1. The lowest BCUT2D eigenvalue weighted by molar-refractivity contribution is 0.0927. The van der Waals surface area contributed by atoms with E-state index >= 15 is 0 Å². The Morgan fingerprint density at radius 1 is 1.33 bits per heavy atom. The van der Waals surface area contributed by atoms with Gasteiger partial charge < -0.3 is 10.3 Å². The molecule has 0 aliphatic heterocycles. The molecule has 3 aromatic heterocycles. The quantitative estimate of drug-likeness (QED) is 0.658. The van der Waals surface area contributed by atoms with Crippen LogP contribution in [0.3, 0.4) is 0 Å². The predicted octanol–water partition coefficient (Wildman–Crippen LogP) is 1.92. The second-order valence-electron chi connectivity index (χ2n) is 7.01. The minimum absolute atomic E-state index is 0.110. The molecule has 140 valence electrons. The molecule has 3 aromatic rings. The number of nitrogens with zero attached hydrogens (tertiary/aromatic N) is 3. The number of H-pyrrole nitrogens is 2. The summed E-state index contributed by atoms with van der Waals surface area (Å²) in [7, 11) is 1.89. The molecule has 1 amide bonds. The summed E-state index contributed by atoms with van der Waals surface area (Å²) in [6.45, 7) is 3.90. The van der Waals surface area contributed by atoms with Crippen LogP contribution in [0.1, 0.15) is 52.0 Å². The van der Waals surface area contributed by atoms with E-state index in [1.165, 1.54) is 6.07 Å². The first-order chi connectivity index (χ1) is 12.9. The summed E-state index contributed by atoms with van der Waals surface area (Å²) in [5.74, 6) is -0.211. The first-order valence-corrected chi connectivity index (χ1v) is 9.03. The van der Waals surface area contributed by atoms with Crippen molar-refractivity contribution in [3.63, 3.8) is 0 Å². The van der Waals surface area contributed by atoms with Crippen LogP contribution in [0.25, 0.3) is 11.3 Å². The number of hydrogen-bond acceptors (Lipinski definition) is 4. The summed E-state index contributed by atoms with van der Waals surface area (Å²) in [4.78, 5) is 27.1. The molecule has 27 heavy (non-hydrogen) atoms. The van der Waals surface area contributed by atoms with Crippen molar-refractivity contribution in [3.8, 4) is 11.3 Å². The molecular formula is C19H22N6O2. The molecule has 0 bridgehead atoms. The first kappa shape index (κ1) is 17.3. The normalized spacial score (nSPS) is 16.2. The highest BCUT2D eigenvalue weighted by atomic mass is 16.2. The van der Waals surface area contributed by atoms with Crippen LogP contribution in [0.4, 0.5) is 0 Å². The molecule has 3 N–H and O–H groups in total. The molecule has 1 aliphatic rings. The summed E-state index contributed by atoms with van der Waals surface area (Å²) >= 11 is 0. The van der Waals surface area contributed by atoms with Gasteiger partial charge in [0, 0.05) is 30.1 Å². The van der Waals surface area contributed by atoms with Crippen LogP contribution in [-0.2, 0) is 13.5 Å². The maximum Gasteiger partial charge on any atom is 0.269 e. The lowest BCUT2D eigenvalue weighted by Gasteiger charge is -2.25. The van der Waals surface area contributed by atoms with Gasteiger partial charge in [0.25, 0.3) is 5.91 Å². The van der Waals surface area contributed by atoms with Crippen molar-refractivity contribution in [3.05, 3.63) is 56.9 Å². The minimum Gasteiger partial charge on any atom is -0.344 e. The van der Waals surface area contributed by atoms with Crippen molar-refractivity contribution >= 4 is 5.91 Å². The van der Waals surface area contributed by atoms with Gasteiger partial charge in [-0.2, -0.15) is 10.2 Å². The number of amides is 1. The van der Waals surface area contributed by atoms with Crippen molar-refractivity contribution in [2.45, 2.75) is 39.2 Å². The van der Waals surface area contributed by atoms with E-state index in [9.17, 15) is 9.59 Å². The Kier molecular flexibility index (Phi) is 4.18. The number of rotatable bonds is 3. The standard InChI is InChI=1S/C19H22N6O2/c1-10-18(11(2)25(3)24-10)15-9-16(23-22-15)19(27)21-14-6-4-5-13-12(14)7-8-17(26)20-13/h7-9,14H,4-6H2,1-3H3,(H,20,26)(H,21,27)(H,22,23). The van der Waals surface area contributed by atoms with Gasteiger partial charge in [-0.15, -0.1) is 0 Å². The first-order valence-electron chi connectivity index (χ1n) is 9.03. The molecular weight excluding hydrogens is 344 g/mol. The Bertz CT molecular complexity index is 1070. The molecule has 0 spiro atoms. The number of pyridine rings is 1. The van der Waals surface area contributed by atoms with Crippen molar-refractivity contribution in [2.75, 3.05) is 0 Å². The fourth-order valence-corrected chi connectivity index (χ4v) is 3.80. The zero-order chi connectivity index (χ0) is 19.1. The van der Waals surface area contributed by atoms with Crippen molar-refractivity contribution in [1.29, 1.82) is 0 Å². The Balaban J connectivity index is 1.57. The molecule has 0 radical (unpaired) electrons. The van der Waals surface area contributed by atoms with Gasteiger partial charge in [-0.25, -0.2) is 0 Å². The average Bonchev–Trinajstić information content (AvgIpc) is 3.20. The topological polar surface area (TPSA) is 108 Å². The van der Waals surface area contributed by atoms with E-state index in [0.717, 1.165) is 47.5 Å². The van der Waals surface area contributed by atoms with Gasteiger partial charge >= 0.3 is 0 Å². The number of fused-ring (bicyclic) bond motifs is 1. The number of carbonyl (C=O) groups excluding carboxylic acids is 1. The molecule has 1 unspecified atom stereocenters. The molecule has 0 fully saturated rings. The molecule has 4 rings (SSSR count). The zero-order valence-electron chi connectivity index (χ0n) is 15.6. The van der Waals surface area contributed by atoms with E-state index in [-0.39, 0.29) is 17.5 Å². The van der Waals surface area contributed by atoms with Crippen LogP contribution in [-0.4, -0.2) is 30.9 Å². The predicted molar refractivity (Wildman–Crippen MR) is 100 cm³/mol. The molecule has 8 nitrogen and oxygen atoms in total. The molecule has 3 heterocycles. The highest BCUT2D eigenvalue weighted by molar-refractivity contribution is 5.93. The van der Waals surface area contributed by atoms with Crippen LogP contribution in [0.5, 0.6) is 0 Å². The molecule has 0 saturated heterocycles. The summed E-state index contributed by atoms with van der Waals surface area (Å²) < 4.78 is 1.80. The fraction of sp³-hybridized carbons (Fsp3) is 0.368. The maximum atomic E-state index is 12.7. The number of aromatic amines is 2. The van der Waals surface area contributed by atoms with E-state index in [0.29, 0.717) is 11.4 Å². The van der Waals surface area contributed by atoms with Gasteiger partial charge in [0.1, 0.15) is 5.69 Å². The van der Waals surface area contributed by atoms with E-state index < -0.39 is 0 Å². The highest BCUT2D eigenvalue weighted by Gasteiger charge is 2.24. The second kappa shape index (κ2) is 6.53. The summed E-state index contributed by atoms with van der Waals surface area (Å²) in [5, 5.41) is 14.6. The van der Waals surface area contributed by atoms with Gasteiger partial charge in [-0.1, -0.05) is 0 Å². The third-order valence-electron chi connectivity index (χ3n) is 5.22. The lowest BCUT2D eigenvalue weighted by atomic mass is 9.91. The minimum atomic E-state index is -0.211. The van der Waals surface area contributed by atoms with Crippen molar-refractivity contribution < 1.29 is 4.79 Å². The third-order valence-corrected chi connectivity index (χ3v) is 5.22. The van der Waals surface area contributed by atoms with Gasteiger partial charge in [0.05, 0.1) is 17.4 Å². The second-order valence-corrected chi connectivity index (χ2v) is 7.01. The monoisotopic (exact) mass is 366 g/mol. The smallest absolute Gasteiger partial charge is 0.269 e. The number of nitrogens with one attached hydrogen (secondary N) is 3. The Labute approximate surface area is 156 Å². The Hall–Kier alpha value is -3.16. The Morgan fingerprint density at radius 3 is 2.89 bits per heavy atom. The average molecular weight is 366 g/mol. The third kappa shape index (κ3) is 3.07. The molecule has 1 atom stereocenters. The van der Waals surface area contributed by atoms with Crippen LogP contribution in [0, 0.1) is 13.8 Å². The van der Waals surface area contributed by atoms with E-state index in [4.69, 9.17) is 0 Å². The van der Waals surface area contributed by atoms with E-state index in [1.54, 1.807) is 16.8 Å². The van der Waals surface area contributed by atoms with Crippen LogP contribution in [0.15, 0.2) is 23.0 Å². The van der Waals surface area contributed by atoms with E-state index in [1.807, 2.05) is 20.9 Å². The van der Waals surface area contributed by atoms with Crippen LogP contribution < -0.4 is 10.9 Å². The lowest BCUT2D eigenvalue weighted by Crippen LogP contribution is -2.32. The highest BCUT2D eigenvalue weighted by Crippen LogP contribution is 2.28. The van der Waals surface area contributed by atoms with Gasteiger partial charge in [-0.3, -0.25) is 19.4 Å². The Morgan fingerprint density at radius 2 is 2.15 bits per heavy atom. The van der Waals surface area contributed by atoms with Crippen LogP contribution in [0.2, 0.25) is 0 Å². The molecule has 0 aromatic carbocycles. The number of aromatic nitrogens is 5. The zero-order valence-corrected chi connectivity index (χ0v) is 15.6. The molecule has 1 aliphatic carbocycles. The van der Waals surface area contributed by atoms with Gasteiger partial charge in [0.15, 0.2) is 0 Å². The van der Waals surface area contributed by atoms with Gasteiger partial charge in [-0.05, 0) is 50.8 Å². The largest absolute Gasteiger partial charge is 0.344 e. The van der Waals surface area contributed by atoms with Crippen molar-refractivity contribution in [2.24, 2.45) is 7.05 Å². The number of hydrogen-bond donors (Lipinski definition) is 3. The maximum absolute atomic E-state index is 12.7. The van der Waals surface area contributed by atoms with E-state index in [2.05, 4.69) is 25.6 Å². The fourth-order valence-electron chi connectivity index (χ4n) is 3.80. The van der Waals surface area contributed by atoms with Gasteiger partial charge in [0.2, 0.25) is 5.56 Å². The van der Waals surface area contributed by atoms with Crippen molar-refractivity contribution in [1.82, 2.24) is 30.3 Å². The number of carbonyl (C=O) groups is 1. The summed E-state index contributed by atoms with van der Waals surface area (Å²) in [5.41, 5.74) is 5.70. The number of aryl methyl sites for hydroxylation is 3. The molecule has 8 heteroatoms. The summed E-state index contributed by atoms with van der Waals surface area (Å²) in [6, 6.07) is 4.94.